The summed E-state index contributed by atoms with van der Waals surface area (Å²) in [7, 11) is -3.11. The van der Waals surface area contributed by atoms with Gasteiger partial charge in [-0.2, -0.15) is 0 Å². The molecule has 4 aromatic rings. The van der Waals surface area contributed by atoms with Crippen LogP contribution in [0.2, 0.25) is 39.3 Å². The Hall–Kier alpha value is -2.45. The van der Waals surface area contributed by atoms with Gasteiger partial charge in [0.25, 0.3) is 0 Å². The maximum absolute atomic E-state index is 2.73. The van der Waals surface area contributed by atoms with Crippen LogP contribution < -0.4 is 10.4 Å². The van der Waals surface area contributed by atoms with Gasteiger partial charge in [0.05, 0.1) is 0 Å². The van der Waals surface area contributed by atoms with Crippen molar-refractivity contribution in [3.63, 3.8) is 0 Å². The van der Waals surface area contributed by atoms with Crippen LogP contribution in [0.5, 0.6) is 0 Å². The van der Waals surface area contributed by atoms with Crippen molar-refractivity contribution in [3.8, 4) is 11.1 Å². The normalized spacial score (nSPS) is 15.4. The van der Waals surface area contributed by atoms with Crippen LogP contribution in [0.25, 0.3) is 11.1 Å². The number of hydrogen-bond donors (Lipinski definition) is 0. The van der Waals surface area contributed by atoms with Crippen LogP contribution in [0, 0.1) is 13.8 Å². The number of rotatable bonds is 11. The molecule has 0 amide bonds. The maximum atomic E-state index is 2.73. The minimum absolute atomic E-state index is 0.515. The van der Waals surface area contributed by atoms with Gasteiger partial charge in [0.1, 0.15) is 0 Å². The molecule has 0 fully saturated rings. The van der Waals surface area contributed by atoms with Gasteiger partial charge in [0.15, 0.2) is 0 Å². The van der Waals surface area contributed by atoms with Gasteiger partial charge in [-0.25, -0.2) is 0 Å². The molecule has 248 valence electrons. The number of benzene rings is 4. The van der Waals surface area contributed by atoms with Gasteiger partial charge in [-0.1, -0.05) is 0 Å². The predicted octanol–water partition coefficient (Wildman–Crippen LogP) is 10.9. The zero-order chi connectivity index (χ0) is 34.2. The molecule has 0 nitrogen and oxygen atoms in total. The minimum atomic E-state index is -2.61. The number of fused-ring (bicyclic) bond motifs is 3. The first-order chi connectivity index (χ1) is 22.9. The molecule has 0 aliphatic heterocycles. The Balaban J connectivity index is 1.73. The number of hydrogen-bond acceptors (Lipinski definition) is 0. The summed E-state index contributed by atoms with van der Waals surface area (Å²) < 4.78 is 4.14. The molecule has 3 heteroatoms. The quantitative estimate of drug-likeness (QED) is 0.134. The van der Waals surface area contributed by atoms with Crippen LogP contribution in [0.4, 0.5) is 0 Å². The number of allylic oxidation sites excluding steroid dienone is 4. The molecule has 2 aliphatic carbocycles. The Bertz CT molecular complexity index is 1850. The second-order valence-electron chi connectivity index (χ2n) is 16.4. The second-order valence-corrected chi connectivity index (χ2v) is 33.3. The van der Waals surface area contributed by atoms with Gasteiger partial charge < -0.3 is 0 Å². The van der Waals surface area contributed by atoms with Crippen LogP contribution in [-0.4, -0.2) is 19.4 Å². The molecule has 0 heterocycles. The Morgan fingerprint density at radius 2 is 1.33 bits per heavy atom. The van der Waals surface area contributed by atoms with Crippen molar-refractivity contribution in [2.24, 2.45) is 0 Å². The van der Waals surface area contributed by atoms with E-state index in [-0.39, 0.29) is 0 Å². The van der Waals surface area contributed by atoms with E-state index in [2.05, 4.69) is 157 Å². The third kappa shape index (κ3) is 7.21. The summed E-state index contributed by atoms with van der Waals surface area (Å²) in [5.74, 6) is 0. The van der Waals surface area contributed by atoms with Crippen molar-refractivity contribution < 1.29 is 21.3 Å². The van der Waals surface area contributed by atoms with Gasteiger partial charge in [-0.15, -0.1) is 0 Å². The Morgan fingerprint density at radius 1 is 0.750 bits per heavy atom. The number of unbranched alkanes of at least 4 members (excludes halogenated alkanes) is 1. The van der Waals surface area contributed by atoms with Crippen molar-refractivity contribution in [3.05, 3.63) is 139 Å². The second kappa shape index (κ2) is 14.4. The SMILES string of the molecule is CCCCc1c(C)c([Si](C)(C)C)cc2c1[CH]([Zr]([C]1=CC=CC1)=[C](Cc1ccccc1)Cc1ccccc1)c1cc(C)c([Si](C)(C)C)cc1-2. The van der Waals surface area contributed by atoms with Crippen molar-refractivity contribution in [1.82, 2.24) is 0 Å². The molecule has 0 saturated heterocycles. The zero-order valence-electron chi connectivity index (χ0n) is 31.1. The van der Waals surface area contributed by atoms with Crippen LogP contribution in [0.1, 0.15) is 68.8 Å². The summed E-state index contributed by atoms with van der Waals surface area (Å²) in [5, 5.41) is 3.32. The third-order valence-corrected chi connectivity index (χ3v) is 23.3. The van der Waals surface area contributed by atoms with Crippen LogP contribution in [0.3, 0.4) is 0 Å². The molecule has 6 rings (SSSR count). The molecule has 0 spiro atoms. The van der Waals surface area contributed by atoms with Crippen molar-refractivity contribution in [1.29, 1.82) is 0 Å². The molecule has 4 aromatic carbocycles. The monoisotopic (exact) mass is 742 g/mol. The molecule has 1 unspecified atom stereocenters. The Kier molecular flexibility index (Phi) is 10.6. The van der Waals surface area contributed by atoms with Crippen LogP contribution in [-0.2, 0) is 40.5 Å². The average Bonchev–Trinajstić information content (AvgIpc) is 3.67. The van der Waals surface area contributed by atoms with E-state index in [1.54, 1.807) is 47.0 Å². The first kappa shape index (κ1) is 35.4. The molecule has 0 aromatic heterocycles. The zero-order valence-corrected chi connectivity index (χ0v) is 35.5. The van der Waals surface area contributed by atoms with E-state index in [1.807, 2.05) is 3.21 Å². The summed E-state index contributed by atoms with van der Waals surface area (Å²) >= 11 is -2.61. The van der Waals surface area contributed by atoms with E-state index in [4.69, 9.17) is 0 Å². The van der Waals surface area contributed by atoms with E-state index in [0.717, 1.165) is 19.3 Å². The fourth-order valence-corrected chi connectivity index (χ4v) is 21.6. The van der Waals surface area contributed by atoms with Crippen LogP contribution in [0.15, 0.2) is 100 Å². The molecule has 0 radical (unpaired) electrons. The van der Waals surface area contributed by atoms with E-state index in [1.165, 1.54) is 36.0 Å². The first-order valence-corrected chi connectivity index (χ1v) is 29.2. The summed E-state index contributed by atoms with van der Waals surface area (Å²) in [6.07, 6.45) is 14.4. The predicted molar refractivity (Wildman–Crippen MR) is 215 cm³/mol. The van der Waals surface area contributed by atoms with Crippen LogP contribution >= 0.6 is 0 Å². The van der Waals surface area contributed by atoms with Crippen molar-refractivity contribution in [2.45, 2.75) is 102 Å². The molecule has 0 N–H and O–H groups in total. The topological polar surface area (TPSA) is 0 Å². The Labute approximate surface area is 301 Å². The van der Waals surface area contributed by atoms with E-state index in [9.17, 15) is 0 Å². The van der Waals surface area contributed by atoms with E-state index >= 15 is 0 Å². The Morgan fingerprint density at radius 3 is 1.85 bits per heavy atom. The fourth-order valence-electron chi connectivity index (χ4n) is 8.53. The summed E-state index contributed by atoms with van der Waals surface area (Å²) in [6, 6.07) is 30.9. The molecular weight excluding hydrogens is 688 g/mol. The van der Waals surface area contributed by atoms with Gasteiger partial charge in [0.2, 0.25) is 0 Å². The fraction of sp³-hybridized carbons (Fsp3) is 0.356. The van der Waals surface area contributed by atoms with Crippen molar-refractivity contribution >= 4 is 29.7 Å². The van der Waals surface area contributed by atoms with Gasteiger partial charge >= 0.3 is 304 Å². The van der Waals surface area contributed by atoms with Crippen molar-refractivity contribution in [2.75, 3.05) is 0 Å². The first-order valence-electron chi connectivity index (χ1n) is 18.4. The third-order valence-electron chi connectivity index (χ3n) is 10.8. The van der Waals surface area contributed by atoms with Gasteiger partial charge in [0, 0.05) is 0 Å². The average molecular weight is 744 g/mol. The standard InChI is InChI=1S/C25H37Si2.C15H14.C5H5.Zr/c1-10-11-12-20-18(3)25(27(7,8)9)16-23-21-15-24(26(4,5)6)17(2)13-19(21)14-22(20)23;1-3-8-14(9-4-1)12-7-13-15-10-5-2-6-11-15;1-2-4-5-3-1;/h13-16H,10-12H2,1-9H3;1-6,8-11H,12-13H2;1-3H,4H2;. The van der Waals surface area contributed by atoms with Gasteiger partial charge in [-0.3, -0.25) is 0 Å². The molecule has 0 bridgehead atoms. The van der Waals surface area contributed by atoms with Gasteiger partial charge in [-0.05, 0) is 0 Å². The molecule has 0 saturated carbocycles. The molecule has 48 heavy (non-hydrogen) atoms. The summed E-state index contributed by atoms with van der Waals surface area (Å²) in [5.41, 5.74) is 14.4. The molecule has 1 atom stereocenters. The summed E-state index contributed by atoms with van der Waals surface area (Å²) in [6.45, 7) is 22.6. The van der Waals surface area contributed by atoms with E-state index < -0.39 is 37.4 Å². The summed E-state index contributed by atoms with van der Waals surface area (Å²) in [4.78, 5) is 0. The number of aryl methyl sites for hydroxylation is 1. The molecule has 2 aliphatic rings. The molecular formula is C45H56Si2Zr. The van der Waals surface area contributed by atoms with E-state index in [0.29, 0.717) is 3.63 Å².